The van der Waals surface area contributed by atoms with Crippen LogP contribution in [0.25, 0.3) is 82.4 Å². The van der Waals surface area contributed by atoms with Gasteiger partial charge >= 0.3 is 0 Å². The maximum absolute atomic E-state index is 3.82. The van der Waals surface area contributed by atoms with Crippen molar-refractivity contribution in [1.82, 2.24) is 4.57 Å². The van der Waals surface area contributed by atoms with Crippen LogP contribution < -0.4 is 5.32 Å². The second kappa shape index (κ2) is 12.1. The van der Waals surface area contributed by atoms with Gasteiger partial charge in [-0.05, 0) is 110 Å². The van der Waals surface area contributed by atoms with Crippen LogP contribution >= 0.6 is 0 Å². The molecule has 0 unspecified atom stereocenters. The molecule has 1 heterocycles. The molecule has 0 bridgehead atoms. The first-order valence-corrected chi connectivity index (χ1v) is 19.2. The summed E-state index contributed by atoms with van der Waals surface area (Å²) >= 11 is 0. The Bertz CT molecular complexity index is 3140. The molecule has 0 atom stereocenters. The Morgan fingerprint density at radius 3 is 1.98 bits per heavy atom. The summed E-state index contributed by atoms with van der Waals surface area (Å²) in [4.78, 5) is 0. The highest BCUT2D eigenvalue weighted by atomic mass is 15.0. The number of rotatable bonds is 5. The van der Waals surface area contributed by atoms with Gasteiger partial charge in [0, 0.05) is 44.2 Å². The van der Waals surface area contributed by atoms with Gasteiger partial charge in [0.25, 0.3) is 0 Å². The lowest BCUT2D eigenvalue weighted by molar-refractivity contribution is 0.661. The maximum atomic E-state index is 3.82. The molecule has 1 N–H and O–H groups in total. The van der Waals surface area contributed by atoms with Crippen molar-refractivity contribution in [3.8, 4) is 39.1 Å². The van der Waals surface area contributed by atoms with Gasteiger partial charge in [0.2, 0.25) is 0 Å². The molecule has 1 aliphatic rings. The van der Waals surface area contributed by atoms with Gasteiger partial charge in [-0.1, -0.05) is 147 Å². The van der Waals surface area contributed by atoms with Crippen LogP contribution in [-0.4, -0.2) is 4.57 Å². The van der Waals surface area contributed by atoms with Gasteiger partial charge in [-0.15, -0.1) is 0 Å². The molecule has 0 spiro atoms. The summed E-state index contributed by atoms with van der Waals surface area (Å²) in [6.07, 6.45) is 0. The van der Waals surface area contributed by atoms with Crippen LogP contribution in [0.3, 0.4) is 0 Å². The number of hydrogen-bond donors (Lipinski definition) is 1. The van der Waals surface area contributed by atoms with Gasteiger partial charge in [0.05, 0.1) is 11.0 Å². The highest BCUT2D eigenvalue weighted by Gasteiger charge is 2.36. The molecule has 55 heavy (non-hydrogen) atoms. The van der Waals surface area contributed by atoms with E-state index in [2.05, 4.69) is 212 Å². The van der Waals surface area contributed by atoms with Crippen molar-refractivity contribution in [3.63, 3.8) is 0 Å². The molecule has 2 nitrogen and oxygen atoms in total. The molecule has 0 saturated heterocycles. The van der Waals surface area contributed by atoms with E-state index in [9.17, 15) is 0 Å². The maximum Gasteiger partial charge on any atom is 0.0547 e. The molecule has 10 aromatic rings. The highest BCUT2D eigenvalue weighted by Crippen LogP contribution is 2.51. The van der Waals surface area contributed by atoms with Crippen LogP contribution in [-0.2, 0) is 5.41 Å². The largest absolute Gasteiger partial charge is 0.355 e. The first-order valence-electron chi connectivity index (χ1n) is 19.2. The summed E-state index contributed by atoms with van der Waals surface area (Å²) in [5.74, 6) is 0. The number of nitrogens with zero attached hydrogens (tertiary/aromatic N) is 1. The lowest BCUT2D eigenvalue weighted by Gasteiger charge is -2.21. The Morgan fingerprint density at radius 2 is 1.09 bits per heavy atom. The normalized spacial score (nSPS) is 13.1. The molecular weight excluding hydrogens is 665 g/mol. The average molecular weight is 703 g/mol. The third kappa shape index (κ3) is 4.95. The van der Waals surface area contributed by atoms with Crippen molar-refractivity contribution in [2.45, 2.75) is 19.3 Å². The molecule has 2 heteroatoms. The summed E-state index contributed by atoms with van der Waals surface area (Å²) in [7, 11) is 0. The minimum absolute atomic E-state index is 0.0907. The Morgan fingerprint density at radius 1 is 0.382 bits per heavy atom. The van der Waals surface area contributed by atoms with E-state index in [4.69, 9.17) is 0 Å². The fourth-order valence-corrected chi connectivity index (χ4v) is 9.16. The first-order chi connectivity index (χ1) is 27.0. The molecule has 260 valence electrons. The second-order valence-electron chi connectivity index (χ2n) is 15.5. The molecule has 0 saturated carbocycles. The van der Waals surface area contributed by atoms with Crippen molar-refractivity contribution < 1.29 is 0 Å². The zero-order valence-corrected chi connectivity index (χ0v) is 30.8. The quantitative estimate of drug-likeness (QED) is 0.189. The van der Waals surface area contributed by atoms with Crippen molar-refractivity contribution in [2.75, 3.05) is 5.32 Å². The zero-order valence-electron chi connectivity index (χ0n) is 30.8. The Labute approximate surface area is 321 Å². The Balaban J connectivity index is 1.12. The van der Waals surface area contributed by atoms with Gasteiger partial charge in [-0.25, -0.2) is 0 Å². The Kier molecular flexibility index (Phi) is 6.93. The van der Waals surface area contributed by atoms with E-state index in [0.29, 0.717) is 0 Å². The first kappa shape index (κ1) is 31.6. The van der Waals surface area contributed by atoms with Crippen molar-refractivity contribution in [1.29, 1.82) is 0 Å². The molecular formula is C53H38N2. The predicted octanol–water partition coefficient (Wildman–Crippen LogP) is 14.5. The van der Waals surface area contributed by atoms with Crippen LogP contribution in [0, 0.1) is 0 Å². The monoisotopic (exact) mass is 702 g/mol. The summed E-state index contributed by atoms with van der Waals surface area (Å²) < 4.78 is 2.47. The van der Waals surface area contributed by atoms with E-state index >= 15 is 0 Å². The van der Waals surface area contributed by atoms with E-state index in [0.717, 1.165) is 11.4 Å². The van der Waals surface area contributed by atoms with E-state index in [-0.39, 0.29) is 5.41 Å². The zero-order chi connectivity index (χ0) is 36.7. The molecule has 1 aliphatic carbocycles. The van der Waals surface area contributed by atoms with Gasteiger partial charge in [-0.3, -0.25) is 0 Å². The molecule has 0 aliphatic heterocycles. The number of nitrogens with one attached hydrogen (secondary N) is 1. The number of hydrogen-bond acceptors (Lipinski definition) is 1. The predicted molar refractivity (Wildman–Crippen MR) is 234 cm³/mol. The van der Waals surface area contributed by atoms with Crippen LogP contribution in [0.4, 0.5) is 11.4 Å². The number of aromatic nitrogens is 1. The average Bonchev–Trinajstić information content (AvgIpc) is 3.67. The topological polar surface area (TPSA) is 17.0 Å². The SMILES string of the molecule is CC1(C)c2ccccc2-c2cc3c(cc21)c1cc(-c2ccc(Nc4cccc5ccccc45)c(-c4ccccc4)c2)ccc1n3-c1ccc2ccccc2c1. The number of fused-ring (bicyclic) bond motifs is 8. The minimum atomic E-state index is -0.0907. The third-order valence-corrected chi connectivity index (χ3v) is 12.0. The van der Waals surface area contributed by atoms with Crippen LogP contribution in [0.2, 0.25) is 0 Å². The van der Waals surface area contributed by atoms with E-state index in [1.54, 1.807) is 0 Å². The van der Waals surface area contributed by atoms with Gasteiger partial charge < -0.3 is 9.88 Å². The molecule has 0 fully saturated rings. The van der Waals surface area contributed by atoms with Gasteiger partial charge in [-0.2, -0.15) is 0 Å². The number of benzene rings is 9. The highest BCUT2D eigenvalue weighted by molar-refractivity contribution is 6.13. The summed E-state index contributed by atoms with van der Waals surface area (Å²) in [6.45, 7) is 4.74. The minimum Gasteiger partial charge on any atom is -0.355 e. The van der Waals surface area contributed by atoms with Gasteiger partial charge in [0.15, 0.2) is 0 Å². The summed E-state index contributed by atoms with van der Waals surface area (Å²) in [5.41, 5.74) is 15.9. The molecule has 0 amide bonds. The van der Waals surface area contributed by atoms with E-state index in [1.165, 1.54) is 93.5 Å². The lowest BCUT2D eigenvalue weighted by Crippen LogP contribution is -2.14. The fourth-order valence-electron chi connectivity index (χ4n) is 9.16. The van der Waals surface area contributed by atoms with Crippen molar-refractivity contribution >= 4 is 54.7 Å². The summed E-state index contributed by atoms with van der Waals surface area (Å²) in [5, 5.41) is 11.3. The fraction of sp³-hybridized carbons (Fsp3) is 0.0566. The van der Waals surface area contributed by atoms with Crippen LogP contribution in [0.15, 0.2) is 188 Å². The lowest BCUT2D eigenvalue weighted by atomic mass is 9.82. The smallest absolute Gasteiger partial charge is 0.0547 e. The molecule has 0 radical (unpaired) electrons. The number of anilines is 2. The molecule has 1 aromatic heterocycles. The second-order valence-corrected chi connectivity index (χ2v) is 15.5. The molecule has 11 rings (SSSR count). The third-order valence-electron chi connectivity index (χ3n) is 12.0. The van der Waals surface area contributed by atoms with Crippen molar-refractivity contribution in [2.24, 2.45) is 0 Å². The van der Waals surface area contributed by atoms with Crippen LogP contribution in [0.5, 0.6) is 0 Å². The van der Waals surface area contributed by atoms with E-state index < -0.39 is 0 Å². The van der Waals surface area contributed by atoms with Gasteiger partial charge in [0.1, 0.15) is 0 Å². The van der Waals surface area contributed by atoms with Crippen molar-refractivity contribution in [3.05, 3.63) is 199 Å². The molecule has 9 aromatic carbocycles. The summed E-state index contributed by atoms with van der Waals surface area (Å²) in [6, 6.07) is 69.0. The van der Waals surface area contributed by atoms with E-state index in [1.807, 2.05) is 0 Å². The van der Waals surface area contributed by atoms with Crippen LogP contribution in [0.1, 0.15) is 25.0 Å². The standard InChI is InChI=1S/C53H38N2/c1-53(2)47-21-11-10-20-42(47)44-33-52-46(32-48(44)53)45-31-39(25-28-51(45)55(52)40-26-23-34-13-6-7-17-37(34)29-40)38-24-27-50(43(30-38)36-14-4-3-5-15-36)54-49-22-12-18-35-16-8-9-19-41(35)49/h3-33,54H,1-2H3. The Hall–Kier alpha value is -6.90.